The first-order valence-corrected chi connectivity index (χ1v) is 11.6. The predicted molar refractivity (Wildman–Crippen MR) is 125 cm³/mol. The second-order valence-corrected chi connectivity index (χ2v) is 9.13. The van der Waals surface area contributed by atoms with E-state index in [2.05, 4.69) is 35.9 Å². The Kier molecular flexibility index (Phi) is 6.38. The molecule has 38 heavy (non-hydrogen) atoms. The zero-order valence-corrected chi connectivity index (χ0v) is 19.7. The van der Waals surface area contributed by atoms with Crippen molar-refractivity contribution in [2.45, 2.75) is 25.3 Å². The number of nitrogens with one attached hydrogen (secondary N) is 2. The van der Waals surface area contributed by atoms with Crippen molar-refractivity contribution in [2.75, 3.05) is 5.32 Å². The Labute approximate surface area is 213 Å². The van der Waals surface area contributed by atoms with E-state index in [0.717, 1.165) is 17.4 Å². The first-order valence-electron chi connectivity index (χ1n) is 10.8. The molecule has 3 N–H and O–H groups in total. The van der Waals surface area contributed by atoms with E-state index in [4.69, 9.17) is 0 Å². The molecular weight excluding hydrogens is 536 g/mol. The lowest BCUT2D eigenvalue weighted by Crippen LogP contribution is -2.18. The summed E-state index contributed by atoms with van der Waals surface area (Å²) >= 11 is 0.972. The van der Waals surface area contributed by atoms with Gasteiger partial charge in [-0.1, -0.05) is 23.5 Å². The number of fused-ring (bicyclic) bond motifs is 1. The van der Waals surface area contributed by atoms with Gasteiger partial charge in [0.15, 0.2) is 5.13 Å². The maximum atomic E-state index is 13.9. The van der Waals surface area contributed by atoms with Crippen LogP contribution in [0, 0.1) is 0 Å². The highest BCUT2D eigenvalue weighted by molar-refractivity contribution is 7.16. The van der Waals surface area contributed by atoms with Crippen LogP contribution in [-0.2, 0) is 25.3 Å². The van der Waals surface area contributed by atoms with Crippen molar-refractivity contribution >= 4 is 28.3 Å². The molecule has 2 aromatic carbocycles. The summed E-state index contributed by atoms with van der Waals surface area (Å²) < 4.78 is 81.2. The monoisotopic (exact) mass is 551 g/mol. The first-order chi connectivity index (χ1) is 18.0. The van der Waals surface area contributed by atoms with Crippen LogP contribution in [0.1, 0.15) is 32.8 Å². The third-order valence-corrected chi connectivity index (χ3v) is 6.68. The van der Waals surface area contributed by atoms with Crippen molar-refractivity contribution in [3.8, 4) is 5.88 Å². The lowest BCUT2D eigenvalue weighted by molar-refractivity contribution is -0.143. The highest BCUT2D eigenvalue weighted by atomic mass is 32.1. The molecule has 0 saturated heterocycles. The number of anilines is 1. The fourth-order valence-corrected chi connectivity index (χ4v) is 4.75. The van der Waals surface area contributed by atoms with E-state index in [1.165, 1.54) is 12.4 Å². The Morgan fingerprint density at radius 3 is 2.55 bits per heavy atom. The van der Waals surface area contributed by atoms with Gasteiger partial charge in [-0.3, -0.25) is 0 Å². The Bertz CT molecular complexity index is 1640. The summed E-state index contributed by atoms with van der Waals surface area (Å²) in [4.78, 5) is 4.20. The van der Waals surface area contributed by atoms with Gasteiger partial charge in [0.05, 0.1) is 40.3 Å². The van der Waals surface area contributed by atoms with Crippen LogP contribution in [-0.4, -0.2) is 31.7 Å². The van der Waals surface area contributed by atoms with E-state index in [1.807, 2.05) is 0 Å². The molecule has 196 valence electrons. The van der Waals surface area contributed by atoms with Crippen LogP contribution in [0.3, 0.4) is 0 Å². The molecule has 0 saturated carbocycles. The minimum atomic E-state index is -5.05. The fourth-order valence-electron chi connectivity index (χ4n) is 3.83. The number of hydrogen-bond donors (Lipinski definition) is 3. The van der Waals surface area contributed by atoms with Gasteiger partial charge in [-0.2, -0.15) is 56.9 Å². The highest BCUT2D eigenvalue weighted by Crippen LogP contribution is 2.40. The van der Waals surface area contributed by atoms with Crippen molar-refractivity contribution < 1.29 is 31.4 Å². The molecule has 0 spiro atoms. The number of rotatable bonds is 6. The standard InChI is InChI=1S/C23H15F6N7OS/c24-22(25,26)14-3-1-12(17(7-14)23(27,28)29)6-16(11-2-4-18-13(5-11)8-31-35-18)19-20(37)33-21(38-19)30-9-15-10-32-36-34-15/h1-5,7-8,10,37H,6,9H2,(H,30,33)(H,32,34,36). The molecule has 0 fully saturated rings. The molecule has 8 nitrogen and oxygen atoms in total. The summed E-state index contributed by atoms with van der Waals surface area (Å²) in [6, 6.07) is 6.33. The minimum absolute atomic E-state index is 0.0958. The van der Waals surface area contributed by atoms with E-state index in [1.54, 1.807) is 18.2 Å². The molecule has 4 aromatic rings. The van der Waals surface area contributed by atoms with Gasteiger partial charge in [-0.25, -0.2) is 0 Å². The number of aromatic amines is 1. The van der Waals surface area contributed by atoms with Crippen molar-refractivity contribution in [3.63, 3.8) is 0 Å². The summed E-state index contributed by atoms with van der Waals surface area (Å²) in [6.07, 6.45) is -7.51. The van der Waals surface area contributed by atoms with Crippen molar-refractivity contribution in [2.24, 2.45) is 10.2 Å². The number of aromatic hydroxyl groups is 1. The summed E-state index contributed by atoms with van der Waals surface area (Å²) in [7, 11) is 0. The van der Waals surface area contributed by atoms with E-state index >= 15 is 0 Å². The van der Waals surface area contributed by atoms with Gasteiger partial charge in [-0.05, 0) is 40.6 Å². The Morgan fingerprint density at radius 1 is 1.03 bits per heavy atom. The summed E-state index contributed by atoms with van der Waals surface area (Å²) in [5, 5.41) is 32.6. The van der Waals surface area contributed by atoms with Gasteiger partial charge in [0.1, 0.15) is 5.69 Å². The van der Waals surface area contributed by atoms with Crippen molar-refractivity contribution in [1.29, 1.82) is 0 Å². The van der Waals surface area contributed by atoms with E-state index < -0.39 is 41.3 Å². The lowest BCUT2D eigenvalue weighted by atomic mass is 9.94. The average Bonchev–Trinajstić information content (AvgIpc) is 3.61. The number of H-pyrrole nitrogens is 1. The molecular formula is C23H15F6N7OS. The van der Waals surface area contributed by atoms with Crippen LogP contribution in [0.25, 0.3) is 5.57 Å². The summed E-state index contributed by atoms with van der Waals surface area (Å²) in [5.41, 5.74) is -1.86. The number of halogens is 6. The summed E-state index contributed by atoms with van der Waals surface area (Å²) in [6.45, 7) is 0.201. The molecule has 0 amide bonds. The third-order valence-electron chi connectivity index (χ3n) is 5.62. The van der Waals surface area contributed by atoms with E-state index in [-0.39, 0.29) is 28.2 Å². The second kappa shape index (κ2) is 9.55. The number of benzene rings is 2. The van der Waals surface area contributed by atoms with Crippen molar-refractivity contribution in [1.82, 2.24) is 20.4 Å². The molecule has 5 rings (SSSR count). The number of nitrogens with zero attached hydrogens (tertiary/aromatic N) is 5. The zero-order valence-electron chi connectivity index (χ0n) is 18.9. The Hall–Kier alpha value is -4.27. The lowest BCUT2D eigenvalue weighted by Gasteiger charge is -2.17. The van der Waals surface area contributed by atoms with E-state index in [0.29, 0.717) is 27.9 Å². The Morgan fingerprint density at radius 2 is 1.84 bits per heavy atom. The van der Waals surface area contributed by atoms with Crippen LogP contribution in [0.2, 0.25) is 0 Å². The third kappa shape index (κ3) is 5.22. The maximum absolute atomic E-state index is 13.9. The molecule has 0 radical (unpaired) electrons. The quantitative estimate of drug-likeness (QED) is 0.314. The molecule has 0 unspecified atom stereocenters. The first kappa shape index (κ1) is 25.4. The van der Waals surface area contributed by atoms with Crippen LogP contribution >= 0.6 is 11.3 Å². The number of aromatic nitrogens is 4. The zero-order chi connectivity index (χ0) is 27.1. The molecule has 1 aliphatic rings. The summed E-state index contributed by atoms with van der Waals surface area (Å²) in [5.74, 6) is -0.452. The van der Waals surface area contributed by atoms with Gasteiger partial charge in [0, 0.05) is 12.0 Å². The molecule has 3 heterocycles. The molecule has 2 aromatic heterocycles. The fraction of sp³-hybridized carbons (Fsp3) is 0.174. The Balaban J connectivity index is 1.62. The molecule has 1 aliphatic heterocycles. The molecule has 0 aliphatic carbocycles. The van der Waals surface area contributed by atoms with Gasteiger partial charge in [-0.15, -0.1) is 0 Å². The minimum Gasteiger partial charge on any atom is -0.492 e. The maximum Gasteiger partial charge on any atom is 0.416 e. The highest BCUT2D eigenvalue weighted by Gasteiger charge is 2.38. The van der Waals surface area contributed by atoms with Gasteiger partial charge < -0.3 is 10.4 Å². The number of alkyl halides is 6. The number of thiazole rings is 1. The normalized spacial score (nSPS) is 13.8. The van der Waals surface area contributed by atoms with Gasteiger partial charge in [0.25, 0.3) is 0 Å². The predicted octanol–water partition coefficient (Wildman–Crippen LogP) is 4.03. The average molecular weight is 551 g/mol. The molecule has 15 heteroatoms. The van der Waals surface area contributed by atoms with Crippen LogP contribution in [0.4, 0.5) is 31.5 Å². The topological polar surface area (TPSA) is 111 Å². The smallest absolute Gasteiger partial charge is 0.416 e. The van der Waals surface area contributed by atoms with Gasteiger partial charge >= 0.3 is 12.4 Å². The number of hydrogen-bond acceptors (Lipinski definition) is 8. The second-order valence-electron chi connectivity index (χ2n) is 8.13. The molecule has 0 atom stereocenters. The largest absolute Gasteiger partial charge is 0.492 e. The van der Waals surface area contributed by atoms with Crippen LogP contribution in [0.15, 0.2) is 52.8 Å². The van der Waals surface area contributed by atoms with Crippen LogP contribution in [0.5, 0.6) is 5.88 Å². The van der Waals surface area contributed by atoms with E-state index in [9.17, 15) is 31.4 Å². The van der Waals surface area contributed by atoms with Crippen molar-refractivity contribution in [3.05, 3.63) is 86.0 Å². The van der Waals surface area contributed by atoms with Crippen LogP contribution < -0.4 is 15.9 Å². The molecule has 0 bridgehead atoms. The van der Waals surface area contributed by atoms with Gasteiger partial charge in [0.2, 0.25) is 5.88 Å². The SMILES string of the molecule is Oc1nc(NCc2cn[nH]n2)sc1C(Cc1ccc(C(F)(F)F)cc1C(F)(F)F)=c1ccc2c(c1)C=NN=2.